The van der Waals surface area contributed by atoms with Gasteiger partial charge in [-0.3, -0.25) is 14.1 Å². The Morgan fingerprint density at radius 2 is 0.960 bits per heavy atom. The van der Waals surface area contributed by atoms with Crippen molar-refractivity contribution in [3.8, 4) is 0 Å². The number of phosphoric ester groups is 1. The third kappa shape index (κ3) is 37.8. The highest BCUT2D eigenvalue weighted by Crippen LogP contribution is 2.35. The van der Waals surface area contributed by atoms with Crippen LogP contribution in [0.2, 0.25) is 0 Å². The van der Waals surface area contributed by atoms with E-state index in [-0.39, 0.29) is 19.4 Å². The van der Waals surface area contributed by atoms with E-state index in [2.05, 4.69) is 103 Å². The lowest BCUT2D eigenvalue weighted by atomic mass is 10.2. The number of hydrogen-bond acceptors (Lipinski definition) is 6. The van der Waals surface area contributed by atoms with Crippen LogP contribution in [0.25, 0.3) is 0 Å². The van der Waals surface area contributed by atoms with Crippen molar-refractivity contribution >= 4 is 19.8 Å². The van der Waals surface area contributed by atoms with Crippen molar-refractivity contribution in [1.82, 2.24) is 0 Å². The summed E-state index contributed by atoms with van der Waals surface area (Å²) in [6.07, 6.45) is 48.5. The zero-order valence-corrected chi connectivity index (χ0v) is 31.6. The molecular formula is C41H65O8P. The standard InChI is InChI=1S/C41H65O8P/c1-3-5-7-9-11-13-15-17-19-20-22-24-26-28-30-32-34-36-41(43)49-39(38-48-50(44,45)46)37-47-40(42)35-33-31-29-27-25-23-21-18-16-14-12-10-8-6-4-2/h6,8,11-14,17-19,21-22,24-25,27-28,30,39H,3-5,7,9-10,15-16,20,23,26,29,31-38H2,1-2H3,(H2,44,45,46)/b8-6+,13-11+,14-12+,19-17+,21-18+,24-22+,27-25+,30-28+/t39-/m1/s1. The molecule has 0 aromatic rings. The van der Waals surface area contributed by atoms with Crippen LogP contribution in [0, 0.1) is 0 Å². The lowest BCUT2D eigenvalue weighted by molar-refractivity contribution is -0.161. The summed E-state index contributed by atoms with van der Waals surface area (Å²) in [5.41, 5.74) is 0. The van der Waals surface area contributed by atoms with Gasteiger partial charge in [-0.05, 0) is 89.9 Å². The van der Waals surface area contributed by atoms with Crippen LogP contribution in [0.4, 0.5) is 0 Å². The number of carbonyl (C=O) groups excluding carboxylic acids is 2. The molecule has 0 unspecified atom stereocenters. The maximum atomic E-state index is 12.3. The van der Waals surface area contributed by atoms with Crippen molar-refractivity contribution in [2.45, 2.75) is 136 Å². The highest BCUT2D eigenvalue weighted by molar-refractivity contribution is 7.46. The highest BCUT2D eigenvalue weighted by atomic mass is 31.2. The molecular weight excluding hydrogens is 651 g/mol. The van der Waals surface area contributed by atoms with Gasteiger partial charge in [0, 0.05) is 12.8 Å². The Morgan fingerprint density at radius 1 is 0.540 bits per heavy atom. The third-order valence-electron chi connectivity index (χ3n) is 7.09. The summed E-state index contributed by atoms with van der Waals surface area (Å²) in [4.78, 5) is 42.7. The number of carbonyl (C=O) groups is 2. The van der Waals surface area contributed by atoms with Crippen LogP contribution < -0.4 is 0 Å². The summed E-state index contributed by atoms with van der Waals surface area (Å²) < 4.78 is 26.2. The average Bonchev–Trinajstić information content (AvgIpc) is 3.08. The molecule has 0 spiro atoms. The molecule has 0 rings (SSSR count). The molecule has 0 aliphatic carbocycles. The van der Waals surface area contributed by atoms with Gasteiger partial charge in [0.05, 0.1) is 6.61 Å². The van der Waals surface area contributed by atoms with Crippen LogP contribution >= 0.6 is 7.82 Å². The highest BCUT2D eigenvalue weighted by Gasteiger charge is 2.22. The molecule has 0 amide bonds. The summed E-state index contributed by atoms with van der Waals surface area (Å²) in [5, 5.41) is 0. The maximum absolute atomic E-state index is 12.3. The third-order valence-corrected chi connectivity index (χ3v) is 7.57. The zero-order valence-electron chi connectivity index (χ0n) is 30.7. The quantitative estimate of drug-likeness (QED) is 0.0305. The molecule has 0 saturated carbocycles. The molecule has 9 heteroatoms. The van der Waals surface area contributed by atoms with Crippen LogP contribution in [-0.2, 0) is 28.2 Å². The molecule has 0 heterocycles. The van der Waals surface area contributed by atoms with Crippen LogP contribution in [0.1, 0.15) is 129 Å². The Labute approximate surface area is 303 Å². The molecule has 0 saturated heterocycles. The van der Waals surface area contributed by atoms with E-state index >= 15 is 0 Å². The van der Waals surface area contributed by atoms with Gasteiger partial charge in [0.1, 0.15) is 6.61 Å². The average molecular weight is 717 g/mol. The van der Waals surface area contributed by atoms with Crippen molar-refractivity contribution in [2.75, 3.05) is 13.2 Å². The molecule has 0 aromatic heterocycles. The fourth-order valence-electron chi connectivity index (χ4n) is 4.35. The van der Waals surface area contributed by atoms with Gasteiger partial charge in [-0.1, -0.05) is 124 Å². The minimum absolute atomic E-state index is 0.121. The molecule has 0 aliphatic heterocycles. The minimum atomic E-state index is -4.78. The number of esters is 2. The van der Waals surface area contributed by atoms with Gasteiger partial charge >= 0.3 is 19.8 Å². The summed E-state index contributed by atoms with van der Waals surface area (Å²) in [5.74, 6) is -1.01. The Morgan fingerprint density at radius 3 is 1.42 bits per heavy atom. The molecule has 8 nitrogen and oxygen atoms in total. The van der Waals surface area contributed by atoms with E-state index in [1.807, 2.05) is 12.2 Å². The fraction of sp³-hybridized carbons (Fsp3) is 0.561. The summed E-state index contributed by atoms with van der Waals surface area (Å²) in [6, 6.07) is 0. The van der Waals surface area contributed by atoms with Gasteiger partial charge in [-0.2, -0.15) is 0 Å². The molecule has 0 aromatic carbocycles. The monoisotopic (exact) mass is 716 g/mol. The van der Waals surface area contributed by atoms with E-state index in [1.54, 1.807) is 0 Å². The number of allylic oxidation sites excluding steroid dienone is 16. The van der Waals surface area contributed by atoms with Crippen LogP contribution in [0.5, 0.6) is 0 Å². The summed E-state index contributed by atoms with van der Waals surface area (Å²) in [7, 11) is -4.78. The normalized spacial score (nSPS) is 13.6. The Bertz CT molecular complexity index is 1120. The molecule has 50 heavy (non-hydrogen) atoms. The molecule has 2 N–H and O–H groups in total. The second-order valence-electron chi connectivity index (χ2n) is 11.8. The smallest absolute Gasteiger partial charge is 0.462 e. The molecule has 1 atom stereocenters. The van der Waals surface area contributed by atoms with Crippen molar-refractivity contribution in [3.63, 3.8) is 0 Å². The first-order chi connectivity index (χ1) is 24.3. The SMILES string of the molecule is CC/C=C/C/C=C/C/C=C/C/C=C/CCCCC(=O)OC[C@H](COP(=O)(O)O)OC(=O)CCC/C=C/C/C=C/C/C=C/C/C=C/CCCCC. The lowest BCUT2D eigenvalue weighted by Crippen LogP contribution is -2.29. The van der Waals surface area contributed by atoms with E-state index in [0.29, 0.717) is 19.3 Å². The summed E-state index contributed by atoms with van der Waals surface area (Å²) in [6.45, 7) is 3.43. The number of hydrogen-bond donors (Lipinski definition) is 2. The van der Waals surface area contributed by atoms with E-state index in [0.717, 1.165) is 64.2 Å². The van der Waals surface area contributed by atoms with Crippen molar-refractivity contribution in [3.05, 3.63) is 97.2 Å². The van der Waals surface area contributed by atoms with Gasteiger partial charge < -0.3 is 19.3 Å². The van der Waals surface area contributed by atoms with Gasteiger partial charge in [-0.15, -0.1) is 0 Å². The van der Waals surface area contributed by atoms with Crippen LogP contribution in [0.15, 0.2) is 97.2 Å². The second-order valence-corrected chi connectivity index (χ2v) is 13.0. The molecule has 282 valence electrons. The van der Waals surface area contributed by atoms with Crippen LogP contribution in [0.3, 0.4) is 0 Å². The minimum Gasteiger partial charge on any atom is -0.462 e. The Kier molecular flexibility index (Phi) is 33.6. The Balaban J connectivity index is 4.18. The topological polar surface area (TPSA) is 119 Å². The first-order valence-electron chi connectivity index (χ1n) is 18.5. The maximum Gasteiger partial charge on any atom is 0.469 e. The Hall–Kier alpha value is -3.03. The molecule has 0 radical (unpaired) electrons. The largest absolute Gasteiger partial charge is 0.469 e. The number of rotatable bonds is 32. The van der Waals surface area contributed by atoms with Crippen LogP contribution in [-0.4, -0.2) is 41.0 Å². The van der Waals surface area contributed by atoms with Crippen molar-refractivity contribution in [1.29, 1.82) is 0 Å². The van der Waals surface area contributed by atoms with Gasteiger partial charge in [0.15, 0.2) is 6.10 Å². The second kappa shape index (κ2) is 35.8. The fourth-order valence-corrected chi connectivity index (χ4v) is 4.71. The predicted octanol–water partition coefficient (Wildman–Crippen LogP) is 11.1. The van der Waals surface area contributed by atoms with Gasteiger partial charge in [0.2, 0.25) is 0 Å². The van der Waals surface area contributed by atoms with Gasteiger partial charge in [0.25, 0.3) is 0 Å². The molecule has 0 fully saturated rings. The lowest BCUT2D eigenvalue weighted by Gasteiger charge is -2.18. The van der Waals surface area contributed by atoms with E-state index in [4.69, 9.17) is 19.3 Å². The van der Waals surface area contributed by atoms with E-state index < -0.39 is 32.5 Å². The van der Waals surface area contributed by atoms with Crippen molar-refractivity contribution < 1.29 is 37.9 Å². The zero-order chi connectivity index (χ0) is 36.8. The first kappa shape index (κ1) is 47.0. The van der Waals surface area contributed by atoms with E-state index in [9.17, 15) is 14.2 Å². The number of unbranched alkanes of at least 4 members (excludes halogenated alkanes) is 6. The van der Waals surface area contributed by atoms with E-state index in [1.165, 1.54) is 19.3 Å². The summed E-state index contributed by atoms with van der Waals surface area (Å²) >= 11 is 0. The predicted molar refractivity (Wildman–Crippen MR) is 206 cm³/mol. The number of phosphoric acid groups is 1. The number of ether oxygens (including phenoxy) is 2. The molecule has 0 aliphatic rings. The van der Waals surface area contributed by atoms with Crippen molar-refractivity contribution in [2.24, 2.45) is 0 Å². The van der Waals surface area contributed by atoms with Gasteiger partial charge in [-0.25, -0.2) is 4.57 Å². The molecule has 0 bridgehead atoms. The first-order valence-corrected chi connectivity index (χ1v) is 20.1.